The molecule has 68 heavy (non-hydrogen) atoms. The number of nitrogens with zero attached hydrogens (tertiary/aromatic N) is 4. The average molecular weight is 928 g/mol. The number of para-hydroxylation sites is 2. The zero-order chi connectivity index (χ0) is 55.7. The van der Waals surface area contributed by atoms with Crippen LogP contribution in [0.25, 0.3) is 77.8 Å². The van der Waals surface area contributed by atoms with Crippen LogP contribution < -0.4 is 5.46 Å². The number of benzene rings is 4. The predicted octanol–water partition coefficient (Wildman–Crippen LogP) is 14.9. The Morgan fingerprint density at radius 2 is 1.03 bits per heavy atom. The number of rotatable bonds is 4. The van der Waals surface area contributed by atoms with E-state index in [4.69, 9.17) is 42.1 Å². The summed E-state index contributed by atoms with van der Waals surface area (Å²) in [6.45, 7) is 10.1. The van der Waals surface area contributed by atoms with Crippen LogP contribution in [0.5, 0.6) is 0 Å². The van der Waals surface area contributed by atoms with E-state index in [-0.39, 0.29) is 11.1 Å². The van der Waals surface area contributed by atoms with Crippen LogP contribution >= 0.6 is 11.6 Å². The van der Waals surface area contributed by atoms with Crippen molar-refractivity contribution in [2.75, 3.05) is 0 Å². The van der Waals surface area contributed by atoms with Gasteiger partial charge in [-0.25, -0.2) is 9.97 Å². The molecule has 8 nitrogen and oxygen atoms in total. The number of aryl methyl sites for hydroxylation is 8. The summed E-state index contributed by atoms with van der Waals surface area (Å²) in [4.78, 5) is 18.1. The topological polar surface area (TPSA) is 96.3 Å². The third-order valence-electron chi connectivity index (χ3n) is 12.8. The van der Waals surface area contributed by atoms with Crippen LogP contribution in [-0.4, -0.2) is 38.3 Å². The van der Waals surface area contributed by atoms with E-state index in [2.05, 4.69) is 19.9 Å². The fraction of sp³-hybridized carbons (Fsp3) is 0.241. The summed E-state index contributed by atoms with van der Waals surface area (Å²) in [5.41, 5.74) is 11.9. The zero-order valence-corrected chi connectivity index (χ0v) is 40.2. The average Bonchev–Trinajstić information content (AvgIpc) is 4.07. The maximum Gasteiger partial charge on any atom is 0.494 e. The van der Waals surface area contributed by atoms with Crippen LogP contribution in [0.1, 0.15) is 84.8 Å². The molecule has 1 aliphatic rings. The molecule has 11 rings (SSSR count). The lowest BCUT2D eigenvalue weighted by molar-refractivity contribution is 0.00578. The highest BCUT2D eigenvalue weighted by molar-refractivity contribution is 6.62. The Morgan fingerprint density at radius 1 is 0.500 bits per heavy atom. The molecule has 0 unspecified atom stereocenters. The van der Waals surface area contributed by atoms with Crippen molar-refractivity contribution in [3.8, 4) is 33.6 Å². The molecule has 1 aliphatic heterocycles. The Balaban J connectivity index is 0.000000144. The van der Waals surface area contributed by atoms with Crippen LogP contribution in [0.15, 0.2) is 130 Å². The Hall–Kier alpha value is -6.65. The summed E-state index contributed by atoms with van der Waals surface area (Å²) in [7, 11) is -0.730. The van der Waals surface area contributed by atoms with Gasteiger partial charge in [-0.05, 0) is 181 Å². The first kappa shape index (κ1) is 36.4. The molecule has 4 aromatic carbocycles. The van der Waals surface area contributed by atoms with Crippen LogP contribution in [0.4, 0.5) is 0 Å². The Bertz CT molecular complexity index is 3890. The molecule has 1 fully saturated rings. The van der Waals surface area contributed by atoms with E-state index >= 15 is 0 Å². The number of halogens is 1. The number of pyridine rings is 4. The smallest absolute Gasteiger partial charge is 0.437 e. The summed E-state index contributed by atoms with van der Waals surface area (Å²) in [6.07, 6.45) is 3.60. The second kappa shape index (κ2) is 18.1. The van der Waals surface area contributed by atoms with Gasteiger partial charge in [0.15, 0.2) is 0 Å². The molecule has 1 saturated heterocycles. The fourth-order valence-electron chi connectivity index (χ4n) is 8.05. The molecular formula is C58H56BClN4O4. The molecule has 0 N–H and O–H groups in total. The van der Waals surface area contributed by atoms with Crippen molar-refractivity contribution in [2.24, 2.45) is 0 Å². The normalized spacial score (nSPS) is 16.6. The lowest BCUT2D eigenvalue weighted by Gasteiger charge is -2.32. The number of hydrogen-bond acceptors (Lipinski definition) is 8. The van der Waals surface area contributed by atoms with E-state index in [1.807, 2.05) is 153 Å². The van der Waals surface area contributed by atoms with E-state index in [9.17, 15) is 0 Å². The SMILES string of the molecule is Cc1ccc2c(n1)oc1c(-c3cc(Cl)c(C)cn3)cccc12.[2H]C([2H])([2H])c1cc(-c2cc(-c3cccc4c3oc3nc(C)ccc34)ncc2C)ccc1C.[2H]C([2H])([2H])c1ccc(B2OC(C)(C)C(C)(C)O2)cc1C([2H])([2H])[2H]. The summed E-state index contributed by atoms with van der Waals surface area (Å²) in [5.74, 6) is 0. The lowest BCUT2D eigenvalue weighted by atomic mass is 9.78. The molecule has 10 aromatic rings. The molecule has 7 heterocycles. The van der Waals surface area contributed by atoms with Crippen LogP contribution in [0.3, 0.4) is 0 Å². The van der Waals surface area contributed by atoms with Crippen molar-refractivity contribution in [2.45, 2.75) is 94.1 Å². The van der Waals surface area contributed by atoms with Crippen molar-refractivity contribution >= 4 is 68.3 Å². The molecule has 0 saturated carbocycles. The highest BCUT2D eigenvalue weighted by atomic mass is 35.5. The van der Waals surface area contributed by atoms with Gasteiger partial charge < -0.3 is 18.1 Å². The van der Waals surface area contributed by atoms with Crippen LogP contribution in [-0.2, 0) is 9.31 Å². The summed E-state index contributed by atoms with van der Waals surface area (Å²) >= 11 is 6.23. The largest absolute Gasteiger partial charge is 0.494 e. The second-order valence-electron chi connectivity index (χ2n) is 18.3. The quantitative estimate of drug-likeness (QED) is 0.161. The predicted molar refractivity (Wildman–Crippen MR) is 280 cm³/mol. The summed E-state index contributed by atoms with van der Waals surface area (Å²) in [5, 5.41) is 4.72. The fourth-order valence-corrected chi connectivity index (χ4v) is 8.20. The Labute approximate surface area is 416 Å². The molecule has 0 bridgehead atoms. The highest BCUT2D eigenvalue weighted by Gasteiger charge is 2.51. The molecule has 0 radical (unpaired) electrons. The molecule has 0 atom stereocenters. The minimum Gasteiger partial charge on any atom is -0.437 e. The van der Waals surface area contributed by atoms with Crippen molar-refractivity contribution in [1.29, 1.82) is 0 Å². The van der Waals surface area contributed by atoms with E-state index in [0.29, 0.717) is 27.5 Å². The van der Waals surface area contributed by atoms with Crippen LogP contribution in [0.2, 0.25) is 5.02 Å². The van der Waals surface area contributed by atoms with Gasteiger partial charge in [-0.2, -0.15) is 0 Å². The van der Waals surface area contributed by atoms with Gasteiger partial charge in [0, 0.05) is 73.8 Å². The lowest BCUT2D eigenvalue weighted by Crippen LogP contribution is -2.41. The van der Waals surface area contributed by atoms with Crippen LogP contribution in [0, 0.1) is 55.2 Å². The minimum atomic E-state index is -2.52. The van der Waals surface area contributed by atoms with Crippen molar-refractivity contribution < 1.29 is 30.5 Å². The Morgan fingerprint density at radius 3 is 1.59 bits per heavy atom. The third kappa shape index (κ3) is 8.94. The highest BCUT2D eigenvalue weighted by Crippen LogP contribution is 2.39. The zero-order valence-electron chi connectivity index (χ0n) is 48.4. The monoisotopic (exact) mass is 927 g/mol. The Kier molecular flexibility index (Phi) is 9.70. The first-order valence-electron chi connectivity index (χ1n) is 26.8. The van der Waals surface area contributed by atoms with Gasteiger partial charge in [0.2, 0.25) is 11.4 Å². The number of fused-ring (bicyclic) bond motifs is 6. The van der Waals surface area contributed by atoms with Gasteiger partial charge in [0.1, 0.15) is 11.2 Å². The van der Waals surface area contributed by atoms with Crippen molar-refractivity contribution in [3.63, 3.8) is 0 Å². The standard InChI is InChI=1S/C26H22N2O.C18H13ClN2O.C14H21BO2/c1-15-8-10-19(12-16(15)2)23-13-24(27-14-17(23)3)22-7-5-6-20-21-11-9-18(4)28-26(21)29-25(20)22;1-10-9-20-16(8-15(10)19)14-5-3-4-12-13-7-6-11(2)21-18(13)22-17(12)14;1-10-7-8-12(9-11(10)2)15-16-13(3,4)14(5,6)17-15/h5-14H,1-4H3;3-9H,1-2H3;7-9H,1-6H3/i2D3;;1D3,2D3. The van der Waals surface area contributed by atoms with Crippen molar-refractivity contribution in [1.82, 2.24) is 19.9 Å². The summed E-state index contributed by atoms with van der Waals surface area (Å²) < 4.78 is 92.9. The molecule has 0 spiro atoms. The third-order valence-corrected chi connectivity index (χ3v) is 13.2. The number of hydrogen-bond donors (Lipinski definition) is 0. The first-order valence-corrected chi connectivity index (χ1v) is 22.7. The van der Waals surface area contributed by atoms with Gasteiger partial charge in [-0.3, -0.25) is 9.97 Å². The van der Waals surface area contributed by atoms with E-state index in [1.54, 1.807) is 18.3 Å². The molecule has 0 amide bonds. The minimum absolute atomic E-state index is 0.169. The first-order chi connectivity index (χ1) is 36.0. The second-order valence-corrected chi connectivity index (χ2v) is 18.7. The van der Waals surface area contributed by atoms with E-state index < -0.39 is 38.9 Å². The molecule has 10 heteroatoms. The van der Waals surface area contributed by atoms with Gasteiger partial charge in [-0.1, -0.05) is 72.3 Å². The van der Waals surface area contributed by atoms with E-state index in [0.717, 1.165) is 94.4 Å². The molecule has 0 aliphatic carbocycles. The van der Waals surface area contributed by atoms with Gasteiger partial charge in [0.05, 0.1) is 22.6 Å². The van der Waals surface area contributed by atoms with Gasteiger partial charge in [-0.15, -0.1) is 0 Å². The van der Waals surface area contributed by atoms with Gasteiger partial charge >= 0.3 is 7.12 Å². The molecule has 6 aromatic heterocycles. The van der Waals surface area contributed by atoms with Gasteiger partial charge in [0.25, 0.3) is 0 Å². The molecular weight excluding hydrogens is 863 g/mol. The maximum absolute atomic E-state index is 7.86. The summed E-state index contributed by atoms with van der Waals surface area (Å²) in [6, 6.07) is 33.8. The maximum atomic E-state index is 7.86. The van der Waals surface area contributed by atoms with Crippen molar-refractivity contribution in [3.05, 3.63) is 171 Å². The number of aromatic nitrogens is 4. The van der Waals surface area contributed by atoms with E-state index in [1.165, 1.54) is 12.1 Å². The number of furan rings is 2. The molecule has 342 valence electrons.